The summed E-state index contributed by atoms with van der Waals surface area (Å²) in [5.41, 5.74) is 0. The molecule has 0 aliphatic rings. The lowest BCUT2D eigenvalue weighted by molar-refractivity contribution is 0.443. The van der Waals surface area contributed by atoms with Crippen molar-refractivity contribution in [2.24, 2.45) is 7.05 Å². The Bertz CT molecular complexity index is 479. The average molecular weight is 241 g/mol. The van der Waals surface area contributed by atoms with Gasteiger partial charge in [0.2, 0.25) is 0 Å². The number of hydrogen-bond donors (Lipinski definition) is 0. The Kier molecular flexibility index (Phi) is 2.89. The van der Waals surface area contributed by atoms with Crippen LogP contribution in [0.3, 0.4) is 0 Å². The third-order valence-electron chi connectivity index (χ3n) is 1.95. The summed E-state index contributed by atoms with van der Waals surface area (Å²) in [6.07, 6.45) is 1.77. The van der Waals surface area contributed by atoms with Crippen LogP contribution in [0, 0.1) is 6.07 Å². The number of halogens is 2. The number of aryl methyl sites for hydroxylation is 1. The molecule has 0 aliphatic heterocycles. The molecule has 0 saturated carbocycles. The lowest BCUT2D eigenvalue weighted by Crippen LogP contribution is -1.92. The van der Waals surface area contributed by atoms with Crippen LogP contribution in [0.4, 0.5) is 0 Å². The van der Waals surface area contributed by atoms with Gasteiger partial charge < -0.3 is 9.30 Å². The highest BCUT2D eigenvalue weighted by atomic mass is 35.5. The van der Waals surface area contributed by atoms with Crippen molar-refractivity contribution in [3.05, 3.63) is 46.6 Å². The third-order valence-corrected chi connectivity index (χ3v) is 2.75. The molecule has 1 aromatic carbocycles. The first-order valence-electron chi connectivity index (χ1n) is 4.33. The second kappa shape index (κ2) is 4.17. The molecule has 1 aromatic heterocycles. The van der Waals surface area contributed by atoms with Crippen LogP contribution in [0.5, 0.6) is 11.6 Å². The Balaban J connectivity index is 2.33. The number of nitrogens with zero attached hydrogens (tertiary/aromatic N) is 1. The molecule has 0 amide bonds. The molecule has 0 spiro atoms. The van der Waals surface area contributed by atoms with E-state index in [1.807, 2.05) is 7.05 Å². The molecular formula is C11H8Cl2NO. The second-order valence-corrected chi connectivity index (χ2v) is 3.83. The van der Waals surface area contributed by atoms with Gasteiger partial charge in [0, 0.05) is 25.4 Å². The molecular weight excluding hydrogens is 233 g/mol. The summed E-state index contributed by atoms with van der Waals surface area (Å²) in [7, 11) is 1.87. The van der Waals surface area contributed by atoms with E-state index in [0.717, 1.165) is 0 Å². The van der Waals surface area contributed by atoms with Crippen molar-refractivity contribution in [2.75, 3.05) is 0 Å². The molecule has 15 heavy (non-hydrogen) atoms. The van der Waals surface area contributed by atoms with E-state index in [-0.39, 0.29) is 0 Å². The van der Waals surface area contributed by atoms with Crippen LogP contribution < -0.4 is 4.74 Å². The number of hydrogen-bond acceptors (Lipinski definition) is 1. The molecule has 0 unspecified atom stereocenters. The molecule has 77 valence electrons. The number of benzene rings is 1. The summed E-state index contributed by atoms with van der Waals surface area (Å²) >= 11 is 11.9. The topological polar surface area (TPSA) is 14.2 Å². The van der Waals surface area contributed by atoms with Gasteiger partial charge >= 0.3 is 0 Å². The highest BCUT2D eigenvalue weighted by Crippen LogP contribution is 2.34. The molecule has 2 nitrogen and oxygen atoms in total. The SMILES string of the molecule is Cn1c[c]cc1Oc1cccc(Cl)c1Cl. The van der Waals surface area contributed by atoms with E-state index in [0.29, 0.717) is 21.7 Å². The Labute approximate surface area is 98.0 Å². The Hall–Kier alpha value is -1.12. The highest BCUT2D eigenvalue weighted by molar-refractivity contribution is 6.42. The van der Waals surface area contributed by atoms with Gasteiger partial charge in [0.05, 0.1) is 5.02 Å². The van der Waals surface area contributed by atoms with Crippen LogP contribution in [0.25, 0.3) is 0 Å². The van der Waals surface area contributed by atoms with Crippen molar-refractivity contribution in [2.45, 2.75) is 0 Å². The van der Waals surface area contributed by atoms with E-state index in [1.165, 1.54) is 0 Å². The van der Waals surface area contributed by atoms with Gasteiger partial charge in [-0.15, -0.1) is 0 Å². The Morgan fingerprint density at radius 3 is 2.80 bits per heavy atom. The van der Waals surface area contributed by atoms with E-state index in [2.05, 4.69) is 6.07 Å². The molecule has 0 atom stereocenters. The minimum Gasteiger partial charge on any atom is -0.439 e. The molecule has 1 radical (unpaired) electrons. The van der Waals surface area contributed by atoms with Gasteiger partial charge in [0.15, 0.2) is 5.88 Å². The van der Waals surface area contributed by atoms with Gasteiger partial charge in [-0.2, -0.15) is 0 Å². The van der Waals surface area contributed by atoms with E-state index in [4.69, 9.17) is 27.9 Å². The zero-order valence-electron chi connectivity index (χ0n) is 8.00. The smallest absolute Gasteiger partial charge is 0.200 e. The molecule has 0 fully saturated rings. The number of ether oxygens (including phenoxy) is 1. The van der Waals surface area contributed by atoms with E-state index < -0.39 is 0 Å². The van der Waals surface area contributed by atoms with Crippen molar-refractivity contribution < 1.29 is 4.74 Å². The quantitative estimate of drug-likeness (QED) is 0.777. The fourth-order valence-electron chi connectivity index (χ4n) is 1.16. The summed E-state index contributed by atoms with van der Waals surface area (Å²) in [6, 6.07) is 9.92. The highest BCUT2D eigenvalue weighted by Gasteiger charge is 2.07. The summed E-state index contributed by atoms with van der Waals surface area (Å²) in [6.45, 7) is 0. The largest absolute Gasteiger partial charge is 0.439 e. The van der Waals surface area contributed by atoms with E-state index in [1.54, 1.807) is 35.0 Å². The van der Waals surface area contributed by atoms with Crippen molar-refractivity contribution in [3.63, 3.8) is 0 Å². The monoisotopic (exact) mass is 240 g/mol. The van der Waals surface area contributed by atoms with Gasteiger partial charge in [0.1, 0.15) is 10.8 Å². The zero-order chi connectivity index (χ0) is 10.8. The molecule has 2 aromatic rings. The van der Waals surface area contributed by atoms with Crippen molar-refractivity contribution >= 4 is 23.2 Å². The predicted molar refractivity (Wildman–Crippen MR) is 60.8 cm³/mol. The van der Waals surface area contributed by atoms with Gasteiger partial charge in [-0.3, -0.25) is 0 Å². The van der Waals surface area contributed by atoms with Crippen molar-refractivity contribution in [1.82, 2.24) is 4.57 Å². The standard InChI is InChI=1S/C11H8Cl2NO/c1-14-7-3-6-10(14)15-9-5-2-4-8(12)11(9)13/h2,4-7H,1H3. The molecule has 4 heteroatoms. The maximum atomic E-state index is 5.99. The van der Waals surface area contributed by atoms with Crippen LogP contribution in [0.1, 0.15) is 0 Å². The van der Waals surface area contributed by atoms with Gasteiger partial charge in [-0.05, 0) is 12.1 Å². The number of aromatic nitrogens is 1. The first-order valence-corrected chi connectivity index (χ1v) is 5.08. The van der Waals surface area contributed by atoms with Crippen molar-refractivity contribution in [3.8, 4) is 11.6 Å². The lowest BCUT2D eigenvalue weighted by atomic mass is 10.3. The van der Waals surface area contributed by atoms with Gasteiger partial charge in [0.25, 0.3) is 0 Å². The van der Waals surface area contributed by atoms with Gasteiger partial charge in [-0.1, -0.05) is 29.3 Å². The van der Waals surface area contributed by atoms with Gasteiger partial charge in [-0.25, -0.2) is 0 Å². The molecule has 0 saturated heterocycles. The molecule has 0 bridgehead atoms. The zero-order valence-corrected chi connectivity index (χ0v) is 9.51. The predicted octanol–water partition coefficient (Wildman–Crippen LogP) is 3.92. The molecule has 2 rings (SSSR count). The lowest BCUT2D eigenvalue weighted by Gasteiger charge is -2.08. The summed E-state index contributed by atoms with van der Waals surface area (Å²) in [5.74, 6) is 1.21. The third kappa shape index (κ3) is 2.11. The van der Waals surface area contributed by atoms with Crippen LogP contribution in [0.15, 0.2) is 30.5 Å². The minimum absolute atomic E-state index is 0.417. The Morgan fingerprint density at radius 2 is 2.13 bits per heavy atom. The fraction of sp³-hybridized carbons (Fsp3) is 0.0909. The normalized spacial score (nSPS) is 10.3. The van der Waals surface area contributed by atoms with Crippen LogP contribution in [0.2, 0.25) is 10.0 Å². The summed E-state index contributed by atoms with van der Waals surface area (Å²) in [4.78, 5) is 0. The minimum atomic E-state index is 0.417. The maximum absolute atomic E-state index is 5.99. The average Bonchev–Trinajstić information content (AvgIpc) is 2.60. The second-order valence-electron chi connectivity index (χ2n) is 3.04. The van der Waals surface area contributed by atoms with Crippen LogP contribution in [-0.2, 0) is 7.05 Å². The first kappa shape index (κ1) is 10.4. The maximum Gasteiger partial charge on any atom is 0.200 e. The van der Waals surface area contributed by atoms with E-state index >= 15 is 0 Å². The van der Waals surface area contributed by atoms with Crippen LogP contribution >= 0.6 is 23.2 Å². The molecule has 0 N–H and O–H groups in total. The molecule has 0 aliphatic carbocycles. The fourth-order valence-corrected chi connectivity index (χ4v) is 1.49. The van der Waals surface area contributed by atoms with Crippen LogP contribution in [-0.4, -0.2) is 4.57 Å². The summed E-state index contributed by atoms with van der Waals surface area (Å²) < 4.78 is 7.38. The number of rotatable bonds is 2. The summed E-state index contributed by atoms with van der Waals surface area (Å²) in [5, 5.41) is 0.896. The van der Waals surface area contributed by atoms with Crippen molar-refractivity contribution in [1.29, 1.82) is 0 Å². The first-order chi connectivity index (χ1) is 7.18. The van der Waals surface area contributed by atoms with E-state index in [9.17, 15) is 0 Å². The Morgan fingerprint density at radius 1 is 1.33 bits per heavy atom. The molecule has 1 heterocycles.